The van der Waals surface area contributed by atoms with Crippen molar-refractivity contribution in [3.63, 3.8) is 0 Å². The first kappa shape index (κ1) is 14.0. The number of nitrogens with zero attached hydrogens (tertiary/aromatic N) is 2. The van der Waals surface area contributed by atoms with Crippen molar-refractivity contribution >= 4 is 17.7 Å². The van der Waals surface area contributed by atoms with Crippen LogP contribution in [0.15, 0.2) is 18.2 Å². The van der Waals surface area contributed by atoms with Gasteiger partial charge in [-0.05, 0) is 26.3 Å². The molecule has 0 bridgehead atoms. The lowest BCUT2D eigenvalue weighted by molar-refractivity contribution is -0.385. The molecule has 0 radical (unpaired) electrons. The highest BCUT2D eigenvalue weighted by molar-refractivity contribution is 6.09. The highest BCUT2D eigenvalue weighted by Gasteiger charge is 2.39. The molecule has 0 N–H and O–H groups in total. The van der Waals surface area contributed by atoms with E-state index in [0.717, 1.165) is 4.90 Å². The Morgan fingerprint density at radius 1 is 1.40 bits per heavy atom. The van der Waals surface area contributed by atoms with Gasteiger partial charge in [-0.2, -0.15) is 0 Å². The monoisotopic (exact) mass is 278 g/mol. The van der Waals surface area contributed by atoms with Gasteiger partial charge in [0, 0.05) is 6.07 Å². The van der Waals surface area contributed by atoms with Gasteiger partial charge in [-0.15, -0.1) is 0 Å². The van der Waals surface area contributed by atoms with Gasteiger partial charge in [-0.1, -0.05) is 12.1 Å². The molecule has 0 spiro atoms. The van der Waals surface area contributed by atoms with Crippen LogP contribution in [-0.4, -0.2) is 27.4 Å². The van der Waals surface area contributed by atoms with Crippen LogP contribution in [0.2, 0.25) is 0 Å². The van der Waals surface area contributed by atoms with E-state index in [9.17, 15) is 19.7 Å². The third-order valence-electron chi connectivity index (χ3n) is 2.73. The molecule has 0 atom stereocenters. The molecule has 0 saturated carbocycles. The van der Waals surface area contributed by atoms with Gasteiger partial charge in [0.1, 0.15) is 11.2 Å². The summed E-state index contributed by atoms with van der Waals surface area (Å²) in [6.07, 6.45) is -0.798. The van der Waals surface area contributed by atoms with Gasteiger partial charge in [0.15, 0.2) is 0 Å². The number of nitro groups is 1. The number of fused-ring (bicyclic) bond motifs is 1. The van der Waals surface area contributed by atoms with Crippen molar-refractivity contribution in [2.75, 3.05) is 0 Å². The summed E-state index contributed by atoms with van der Waals surface area (Å²) in [7, 11) is 0. The summed E-state index contributed by atoms with van der Waals surface area (Å²) in [5.41, 5.74) is -0.616. The lowest BCUT2D eigenvalue weighted by atomic mass is 10.1. The fraction of sp³-hybridized carbons (Fsp3) is 0.385. The Labute approximate surface area is 115 Å². The van der Waals surface area contributed by atoms with Crippen molar-refractivity contribution < 1.29 is 19.2 Å². The molecule has 2 rings (SSSR count). The van der Waals surface area contributed by atoms with Crippen molar-refractivity contribution in [3.05, 3.63) is 39.4 Å². The summed E-state index contributed by atoms with van der Waals surface area (Å²) in [5, 5.41) is 10.9. The van der Waals surface area contributed by atoms with Crippen molar-refractivity contribution in [1.82, 2.24) is 4.90 Å². The molecular formula is C13H14N2O5. The van der Waals surface area contributed by atoms with Crippen molar-refractivity contribution in [2.45, 2.75) is 32.9 Å². The lowest BCUT2D eigenvalue weighted by Crippen LogP contribution is -2.37. The maximum atomic E-state index is 12.2. The highest BCUT2D eigenvalue weighted by atomic mass is 16.6. The Morgan fingerprint density at radius 3 is 2.60 bits per heavy atom. The number of amides is 2. The van der Waals surface area contributed by atoms with Crippen LogP contribution in [0.3, 0.4) is 0 Å². The van der Waals surface area contributed by atoms with Gasteiger partial charge in [0.2, 0.25) is 0 Å². The van der Waals surface area contributed by atoms with E-state index in [2.05, 4.69) is 0 Å². The van der Waals surface area contributed by atoms with Crippen LogP contribution >= 0.6 is 0 Å². The normalized spacial score (nSPS) is 14.2. The Morgan fingerprint density at radius 2 is 2.05 bits per heavy atom. The lowest BCUT2D eigenvalue weighted by Gasteiger charge is -2.23. The Hall–Kier alpha value is -2.44. The van der Waals surface area contributed by atoms with E-state index in [0.29, 0.717) is 5.56 Å². The van der Waals surface area contributed by atoms with Crippen LogP contribution in [0.5, 0.6) is 0 Å². The first-order valence-electron chi connectivity index (χ1n) is 6.02. The van der Waals surface area contributed by atoms with Crippen molar-refractivity contribution in [2.24, 2.45) is 0 Å². The van der Waals surface area contributed by atoms with Gasteiger partial charge in [-0.3, -0.25) is 14.9 Å². The van der Waals surface area contributed by atoms with Crippen LogP contribution in [0.25, 0.3) is 0 Å². The van der Waals surface area contributed by atoms with E-state index < -0.39 is 22.5 Å². The predicted molar refractivity (Wildman–Crippen MR) is 69.2 cm³/mol. The van der Waals surface area contributed by atoms with Crippen molar-refractivity contribution in [3.8, 4) is 0 Å². The molecule has 1 aromatic carbocycles. The third kappa shape index (κ3) is 2.47. The quantitative estimate of drug-likeness (QED) is 0.581. The van der Waals surface area contributed by atoms with E-state index in [4.69, 9.17) is 4.74 Å². The van der Waals surface area contributed by atoms with E-state index in [1.54, 1.807) is 26.8 Å². The van der Waals surface area contributed by atoms with Gasteiger partial charge in [0.25, 0.3) is 11.6 Å². The van der Waals surface area contributed by atoms with Crippen LogP contribution < -0.4 is 0 Å². The Balaban J connectivity index is 2.33. The van der Waals surface area contributed by atoms with E-state index in [1.807, 2.05) is 0 Å². The second-order valence-corrected chi connectivity index (χ2v) is 5.44. The summed E-state index contributed by atoms with van der Waals surface area (Å²) >= 11 is 0. The molecule has 0 aliphatic carbocycles. The molecule has 2 amide bonds. The smallest absolute Gasteiger partial charge is 0.417 e. The van der Waals surface area contributed by atoms with Gasteiger partial charge >= 0.3 is 6.09 Å². The summed E-state index contributed by atoms with van der Waals surface area (Å²) in [5.74, 6) is -0.693. The largest absolute Gasteiger partial charge is 0.443 e. The average Bonchev–Trinajstić information content (AvgIpc) is 2.65. The molecule has 0 unspecified atom stereocenters. The molecule has 1 aliphatic heterocycles. The van der Waals surface area contributed by atoms with Crippen LogP contribution in [0, 0.1) is 10.1 Å². The fourth-order valence-corrected chi connectivity index (χ4v) is 1.96. The molecule has 1 aromatic rings. The number of nitro benzene ring substituents is 1. The molecule has 20 heavy (non-hydrogen) atoms. The number of benzene rings is 1. The maximum Gasteiger partial charge on any atom is 0.417 e. The third-order valence-corrected chi connectivity index (χ3v) is 2.73. The number of carbonyl (C=O) groups excluding carboxylic acids is 2. The summed E-state index contributed by atoms with van der Waals surface area (Å²) in [6.45, 7) is 5.04. The standard InChI is InChI=1S/C13H14N2O5/c1-13(2,3)20-12(17)14-7-8-5-4-6-9(15(18)19)10(8)11(14)16/h4-6H,7H2,1-3H3. The maximum absolute atomic E-state index is 12.2. The molecule has 0 fully saturated rings. The SMILES string of the molecule is CC(C)(C)OC(=O)N1Cc2cccc([N+](=O)[O-])c2C1=O. The zero-order valence-corrected chi connectivity index (χ0v) is 11.4. The first-order valence-corrected chi connectivity index (χ1v) is 6.02. The zero-order chi connectivity index (χ0) is 15.1. The topological polar surface area (TPSA) is 89.8 Å². The molecule has 1 heterocycles. The first-order chi connectivity index (χ1) is 9.20. The number of imide groups is 1. The number of hydrogen-bond acceptors (Lipinski definition) is 5. The predicted octanol–water partition coefficient (Wildman–Crippen LogP) is 2.49. The second-order valence-electron chi connectivity index (χ2n) is 5.44. The van der Waals surface area contributed by atoms with E-state index >= 15 is 0 Å². The molecule has 7 heteroatoms. The van der Waals surface area contributed by atoms with Crippen LogP contribution in [0.4, 0.5) is 10.5 Å². The molecule has 0 aromatic heterocycles. The summed E-state index contributed by atoms with van der Waals surface area (Å²) < 4.78 is 5.12. The molecule has 1 aliphatic rings. The Kier molecular flexibility index (Phi) is 3.21. The second kappa shape index (κ2) is 4.59. The summed E-state index contributed by atoms with van der Waals surface area (Å²) in [6, 6.07) is 4.32. The fourth-order valence-electron chi connectivity index (χ4n) is 1.96. The van der Waals surface area contributed by atoms with Gasteiger partial charge in [0.05, 0.1) is 11.5 Å². The van der Waals surface area contributed by atoms with Gasteiger partial charge in [-0.25, -0.2) is 9.69 Å². The zero-order valence-electron chi connectivity index (χ0n) is 11.4. The molecule has 0 saturated heterocycles. The number of hydrogen-bond donors (Lipinski definition) is 0. The minimum Gasteiger partial charge on any atom is -0.443 e. The minimum atomic E-state index is -0.798. The van der Waals surface area contributed by atoms with Crippen molar-refractivity contribution in [1.29, 1.82) is 0 Å². The molecule has 106 valence electrons. The number of rotatable bonds is 1. The number of carbonyl (C=O) groups is 2. The molecular weight excluding hydrogens is 264 g/mol. The average molecular weight is 278 g/mol. The van der Waals surface area contributed by atoms with E-state index in [1.165, 1.54) is 12.1 Å². The van der Waals surface area contributed by atoms with Crippen LogP contribution in [0.1, 0.15) is 36.7 Å². The number of ether oxygens (including phenoxy) is 1. The molecule has 7 nitrogen and oxygen atoms in total. The van der Waals surface area contributed by atoms with Gasteiger partial charge < -0.3 is 4.74 Å². The highest BCUT2D eigenvalue weighted by Crippen LogP contribution is 2.31. The van der Waals surface area contributed by atoms with Crippen LogP contribution in [-0.2, 0) is 11.3 Å². The van der Waals surface area contributed by atoms with E-state index in [-0.39, 0.29) is 17.8 Å². The summed E-state index contributed by atoms with van der Waals surface area (Å²) in [4.78, 5) is 35.3. The Bertz CT molecular complexity index is 603. The minimum absolute atomic E-state index is 0.00917.